The van der Waals surface area contributed by atoms with Gasteiger partial charge >= 0.3 is 0 Å². The summed E-state index contributed by atoms with van der Waals surface area (Å²) in [7, 11) is 0. The van der Waals surface area contributed by atoms with Crippen molar-refractivity contribution in [1.29, 1.82) is 0 Å². The van der Waals surface area contributed by atoms with Crippen molar-refractivity contribution >= 4 is 11.9 Å². The molecule has 0 spiro atoms. The lowest BCUT2D eigenvalue weighted by atomic mass is 10.1. The number of allylic oxidation sites excluding steroid dienone is 1. The smallest absolute Gasteiger partial charge is 0.185 e. The molecule has 2 aromatic carbocycles. The number of benzene rings is 2. The summed E-state index contributed by atoms with van der Waals surface area (Å²) in [5.74, 6) is 0.367. The SMILES string of the molecule is CCOc1cccc(/C=C/C(=O)c2ccc(C)cc2)c1O. The highest BCUT2D eigenvalue weighted by Gasteiger charge is 2.06. The van der Waals surface area contributed by atoms with E-state index in [2.05, 4.69) is 0 Å². The van der Waals surface area contributed by atoms with Crippen LogP contribution in [0.2, 0.25) is 0 Å². The number of carbonyl (C=O) groups is 1. The van der Waals surface area contributed by atoms with Crippen LogP contribution >= 0.6 is 0 Å². The number of hydrogen-bond donors (Lipinski definition) is 1. The van der Waals surface area contributed by atoms with Crippen LogP contribution in [-0.2, 0) is 0 Å². The molecule has 3 heteroatoms. The van der Waals surface area contributed by atoms with E-state index in [9.17, 15) is 9.90 Å². The molecule has 0 bridgehead atoms. The highest BCUT2D eigenvalue weighted by molar-refractivity contribution is 6.07. The molecule has 1 N–H and O–H groups in total. The van der Waals surface area contributed by atoms with Crippen molar-refractivity contribution in [3.8, 4) is 11.5 Å². The summed E-state index contributed by atoms with van der Waals surface area (Å²) in [6.07, 6.45) is 3.05. The van der Waals surface area contributed by atoms with E-state index < -0.39 is 0 Å². The molecule has 108 valence electrons. The molecule has 0 atom stereocenters. The Balaban J connectivity index is 2.19. The van der Waals surface area contributed by atoms with Crippen molar-refractivity contribution in [2.24, 2.45) is 0 Å². The van der Waals surface area contributed by atoms with E-state index in [1.165, 1.54) is 6.08 Å². The van der Waals surface area contributed by atoms with Crippen LogP contribution in [0.1, 0.15) is 28.4 Å². The number of rotatable bonds is 5. The van der Waals surface area contributed by atoms with E-state index in [0.29, 0.717) is 23.5 Å². The van der Waals surface area contributed by atoms with Crippen LogP contribution in [0.3, 0.4) is 0 Å². The number of ether oxygens (including phenoxy) is 1. The van der Waals surface area contributed by atoms with Crippen molar-refractivity contribution in [1.82, 2.24) is 0 Å². The minimum atomic E-state index is -0.101. The second-order valence-corrected chi connectivity index (χ2v) is 4.69. The minimum absolute atomic E-state index is 0.0484. The molecular formula is C18H18O3. The molecule has 0 aliphatic carbocycles. The van der Waals surface area contributed by atoms with Gasteiger partial charge < -0.3 is 9.84 Å². The van der Waals surface area contributed by atoms with E-state index in [1.807, 2.05) is 26.0 Å². The number of phenols is 1. The van der Waals surface area contributed by atoms with Crippen molar-refractivity contribution in [2.45, 2.75) is 13.8 Å². The molecule has 0 amide bonds. The van der Waals surface area contributed by atoms with Gasteiger partial charge in [-0.25, -0.2) is 0 Å². The van der Waals surface area contributed by atoms with Crippen LogP contribution in [-0.4, -0.2) is 17.5 Å². The number of para-hydroxylation sites is 1. The molecular weight excluding hydrogens is 264 g/mol. The number of carbonyl (C=O) groups excluding carboxylic acids is 1. The summed E-state index contributed by atoms with van der Waals surface area (Å²) in [5.41, 5.74) is 2.29. The first-order valence-corrected chi connectivity index (χ1v) is 6.85. The predicted molar refractivity (Wildman–Crippen MR) is 83.8 cm³/mol. The molecule has 0 aliphatic heterocycles. The van der Waals surface area contributed by atoms with E-state index >= 15 is 0 Å². The normalized spacial score (nSPS) is 10.8. The average Bonchev–Trinajstić information content (AvgIpc) is 2.49. The van der Waals surface area contributed by atoms with Crippen molar-refractivity contribution in [2.75, 3.05) is 6.61 Å². The summed E-state index contributed by atoms with van der Waals surface area (Å²) in [4.78, 5) is 12.1. The van der Waals surface area contributed by atoms with E-state index in [0.717, 1.165) is 5.56 Å². The van der Waals surface area contributed by atoms with Gasteiger partial charge in [0.2, 0.25) is 0 Å². The van der Waals surface area contributed by atoms with Gasteiger partial charge in [-0.3, -0.25) is 4.79 Å². The lowest BCUT2D eigenvalue weighted by molar-refractivity contribution is 0.104. The fraction of sp³-hybridized carbons (Fsp3) is 0.167. The lowest BCUT2D eigenvalue weighted by Gasteiger charge is -2.07. The van der Waals surface area contributed by atoms with E-state index in [1.54, 1.807) is 36.4 Å². The zero-order valence-electron chi connectivity index (χ0n) is 12.2. The predicted octanol–water partition coefficient (Wildman–Crippen LogP) is 4.00. The zero-order chi connectivity index (χ0) is 15.2. The van der Waals surface area contributed by atoms with Crippen LogP contribution < -0.4 is 4.74 Å². The zero-order valence-corrected chi connectivity index (χ0v) is 12.2. The Hall–Kier alpha value is -2.55. The Bertz CT molecular complexity index is 655. The fourth-order valence-electron chi connectivity index (χ4n) is 1.93. The maximum absolute atomic E-state index is 12.1. The number of aromatic hydroxyl groups is 1. The van der Waals surface area contributed by atoms with Gasteiger partial charge in [-0.15, -0.1) is 0 Å². The van der Waals surface area contributed by atoms with Gasteiger partial charge in [-0.05, 0) is 32.1 Å². The van der Waals surface area contributed by atoms with Crippen molar-refractivity contribution < 1.29 is 14.6 Å². The molecule has 0 heterocycles. The van der Waals surface area contributed by atoms with E-state index in [-0.39, 0.29) is 11.5 Å². The Morgan fingerprint density at radius 3 is 2.57 bits per heavy atom. The third-order valence-electron chi connectivity index (χ3n) is 3.08. The second kappa shape index (κ2) is 6.75. The molecule has 2 rings (SSSR count). The summed E-state index contributed by atoms with van der Waals surface area (Å²) in [6, 6.07) is 12.6. The third kappa shape index (κ3) is 3.72. The molecule has 0 radical (unpaired) electrons. The lowest BCUT2D eigenvalue weighted by Crippen LogP contribution is -1.94. The largest absolute Gasteiger partial charge is 0.504 e. The number of aryl methyl sites for hydroxylation is 1. The van der Waals surface area contributed by atoms with Crippen LogP contribution in [0.5, 0.6) is 11.5 Å². The molecule has 0 aliphatic rings. The highest BCUT2D eigenvalue weighted by atomic mass is 16.5. The summed E-state index contributed by atoms with van der Waals surface area (Å²) >= 11 is 0. The Morgan fingerprint density at radius 2 is 1.90 bits per heavy atom. The first-order chi connectivity index (χ1) is 10.1. The van der Waals surface area contributed by atoms with Gasteiger partial charge in [0.25, 0.3) is 0 Å². The molecule has 0 saturated carbocycles. The molecule has 0 aromatic heterocycles. The Morgan fingerprint density at radius 1 is 1.19 bits per heavy atom. The molecule has 0 saturated heterocycles. The number of ketones is 1. The molecule has 0 fully saturated rings. The summed E-state index contributed by atoms with van der Waals surface area (Å²) in [6.45, 7) is 4.30. The van der Waals surface area contributed by atoms with Crippen LogP contribution in [0.25, 0.3) is 6.08 Å². The molecule has 2 aromatic rings. The van der Waals surface area contributed by atoms with Gasteiger partial charge in [-0.2, -0.15) is 0 Å². The summed E-state index contributed by atoms with van der Waals surface area (Å²) in [5, 5.41) is 10.1. The van der Waals surface area contributed by atoms with Crippen LogP contribution in [0.4, 0.5) is 0 Å². The molecule has 21 heavy (non-hydrogen) atoms. The number of phenolic OH excluding ortho intramolecular Hbond substituents is 1. The van der Waals surface area contributed by atoms with Crippen LogP contribution in [0.15, 0.2) is 48.5 Å². The topological polar surface area (TPSA) is 46.5 Å². The molecule has 3 nitrogen and oxygen atoms in total. The minimum Gasteiger partial charge on any atom is -0.504 e. The fourth-order valence-corrected chi connectivity index (χ4v) is 1.93. The maximum atomic E-state index is 12.1. The Kier molecular flexibility index (Phi) is 4.77. The first-order valence-electron chi connectivity index (χ1n) is 6.85. The van der Waals surface area contributed by atoms with Crippen molar-refractivity contribution in [3.63, 3.8) is 0 Å². The quantitative estimate of drug-likeness (QED) is 0.666. The van der Waals surface area contributed by atoms with Crippen LogP contribution in [0, 0.1) is 6.92 Å². The van der Waals surface area contributed by atoms with Gasteiger partial charge in [0.05, 0.1) is 6.61 Å². The average molecular weight is 282 g/mol. The molecule has 0 unspecified atom stereocenters. The van der Waals surface area contributed by atoms with Gasteiger partial charge in [-0.1, -0.05) is 42.0 Å². The van der Waals surface area contributed by atoms with Gasteiger partial charge in [0, 0.05) is 11.1 Å². The third-order valence-corrected chi connectivity index (χ3v) is 3.08. The second-order valence-electron chi connectivity index (χ2n) is 4.69. The summed E-state index contributed by atoms with van der Waals surface area (Å²) < 4.78 is 5.31. The van der Waals surface area contributed by atoms with Gasteiger partial charge in [0.1, 0.15) is 0 Å². The van der Waals surface area contributed by atoms with Gasteiger partial charge in [0.15, 0.2) is 17.3 Å². The first kappa shape index (κ1) is 14.9. The Labute approximate surface area is 124 Å². The maximum Gasteiger partial charge on any atom is 0.185 e. The van der Waals surface area contributed by atoms with Crippen molar-refractivity contribution in [3.05, 3.63) is 65.2 Å². The van der Waals surface area contributed by atoms with E-state index in [4.69, 9.17) is 4.74 Å². The monoisotopic (exact) mass is 282 g/mol. The standard InChI is InChI=1S/C18H18O3/c1-3-21-17-6-4-5-15(18(17)20)11-12-16(19)14-9-7-13(2)8-10-14/h4-12,20H,3H2,1-2H3/b12-11+. The highest BCUT2D eigenvalue weighted by Crippen LogP contribution is 2.30. The number of hydrogen-bond acceptors (Lipinski definition) is 3.